The summed E-state index contributed by atoms with van der Waals surface area (Å²) in [6, 6.07) is 0. The van der Waals surface area contributed by atoms with E-state index in [4.69, 9.17) is 0 Å². The molecule has 0 aromatic rings. The van der Waals surface area contributed by atoms with Gasteiger partial charge in [0.15, 0.2) is 0 Å². The van der Waals surface area contributed by atoms with Crippen molar-refractivity contribution >= 4 is 5.78 Å². The number of carbonyl (C=O) groups excluding carboxylic acids is 1. The number of nitrogens with zero attached hydrogens (tertiary/aromatic N) is 1. The van der Waals surface area contributed by atoms with Crippen molar-refractivity contribution in [2.75, 3.05) is 20.1 Å². The average Bonchev–Trinajstić information content (AvgIpc) is 2.71. The van der Waals surface area contributed by atoms with Gasteiger partial charge in [-0.25, -0.2) is 0 Å². The molecule has 0 atom stereocenters. The van der Waals surface area contributed by atoms with Gasteiger partial charge in [-0.2, -0.15) is 0 Å². The summed E-state index contributed by atoms with van der Waals surface area (Å²) in [4.78, 5) is 14.5. The molecule has 0 bridgehead atoms. The molecule has 0 aromatic carbocycles. The highest BCUT2D eigenvalue weighted by molar-refractivity contribution is 5.78. The number of hydrogen-bond donors (Lipinski definition) is 0. The largest absolute Gasteiger partial charge is 0.306 e. The van der Waals surface area contributed by atoms with Crippen LogP contribution in [0.4, 0.5) is 0 Å². The summed E-state index contributed by atoms with van der Waals surface area (Å²) in [6.45, 7) is 6.99. The zero-order valence-corrected chi connectivity index (χ0v) is 20.6. The van der Waals surface area contributed by atoms with Crippen LogP contribution in [0.3, 0.4) is 0 Å². The zero-order valence-electron chi connectivity index (χ0n) is 20.6. The molecule has 0 amide bonds. The van der Waals surface area contributed by atoms with E-state index in [1.807, 2.05) is 0 Å². The summed E-state index contributed by atoms with van der Waals surface area (Å²) in [5.74, 6) is 0.505. The number of Topliss-reactive ketones (excluding diaryl/α,β-unsaturated/α-hetero) is 1. The zero-order chi connectivity index (χ0) is 21.4. The van der Waals surface area contributed by atoms with Gasteiger partial charge in [-0.05, 0) is 45.8 Å². The molecule has 0 saturated carbocycles. The Morgan fingerprint density at radius 2 is 0.793 bits per heavy atom. The average molecular weight is 410 g/mol. The summed E-state index contributed by atoms with van der Waals surface area (Å²) in [6.07, 6.45) is 26.9. The Balaban J connectivity index is 3.27. The molecular weight excluding hydrogens is 354 g/mol. The first-order valence-electron chi connectivity index (χ1n) is 13.4. The van der Waals surface area contributed by atoms with E-state index in [2.05, 4.69) is 25.8 Å². The molecule has 0 aliphatic carbocycles. The molecule has 174 valence electrons. The summed E-state index contributed by atoms with van der Waals surface area (Å²) < 4.78 is 0. The first-order chi connectivity index (χ1) is 14.2. The normalized spacial score (nSPS) is 11.4. The Hall–Kier alpha value is -0.370. The summed E-state index contributed by atoms with van der Waals surface area (Å²) in [5, 5.41) is 0. The molecule has 0 heterocycles. The Kier molecular flexibility index (Phi) is 23.6. The fraction of sp³-hybridized carbons (Fsp3) is 0.963. The monoisotopic (exact) mass is 409 g/mol. The van der Waals surface area contributed by atoms with Crippen LogP contribution in [0.1, 0.15) is 149 Å². The van der Waals surface area contributed by atoms with Gasteiger partial charge >= 0.3 is 0 Å². The molecule has 0 aromatic heterocycles. The number of carbonyl (C=O) groups is 1. The van der Waals surface area contributed by atoms with Crippen LogP contribution < -0.4 is 0 Å². The van der Waals surface area contributed by atoms with Gasteiger partial charge in [0.2, 0.25) is 0 Å². The maximum absolute atomic E-state index is 12.0. The van der Waals surface area contributed by atoms with Gasteiger partial charge in [0, 0.05) is 12.8 Å². The Labute approximate surface area is 184 Å². The van der Waals surface area contributed by atoms with Crippen LogP contribution in [0.5, 0.6) is 0 Å². The molecule has 0 saturated heterocycles. The van der Waals surface area contributed by atoms with Crippen LogP contribution in [0.25, 0.3) is 0 Å². The van der Waals surface area contributed by atoms with Gasteiger partial charge in [-0.1, -0.05) is 110 Å². The number of unbranched alkanes of at least 4 members (excludes halogenated alkanes) is 16. The lowest BCUT2D eigenvalue weighted by atomic mass is 10.0. The maximum Gasteiger partial charge on any atom is 0.132 e. The SMILES string of the molecule is CCCCCCCCCCCCC(=O)CCCCCN(C)CCCCCCCC. The minimum atomic E-state index is 0.505. The highest BCUT2D eigenvalue weighted by Gasteiger charge is 2.03. The molecule has 29 heavy (non-hydrogen) atoms. The van der Waals surface area contributed by atoms with Gasteiger partial charge < -0.3 is 4.90 Å². The van der Waals surface area contributed by atoms with Crippen molar-refractivity contribution in [3.63, 3.8) is 0 Å². The van der Waals surface area contributed by atoms with Crippen LogP contribution in [-0.4, -0.2) is 30.8 Å². The predicted octanol–water partition coefficient (Wildman–Crippen LogP) is 8.72. The summed E-state index contributed by atoms with van der Waals surface area (Å²) >= 11 is 0. The minimum absolute atomic E-state index is 0.505. The number of rotatable bonds is 24. The maximum atomic E-state index is 12.0. The van der Waals surface area contributed by atoms with Gasteiger partial charge in [0.1, 0.15) is 5.78 Å². The van der Waals surface area contributed by atoms with Crippen LogP contribution in [0.2, 0.25) is 0 Å². The molecule has 2 nitrogen and oxygen atoms in total. The summed E-state index contributed by atoms with van der Waals surface area (Å²) in [7, 11) is 2.25. The quantitative estimate of drug-likeness (QED) is 0.148. The molecular formula is C27H55NO. The highest BCUT2D eigenvalue weighted by Crippen LogP contribution is 2.12. The predicted molar refractivity (Wildman–Crippen MR) is 131 cm³/mol. The molecule has 0 aliphatic heterocycles. The van der Waals surface area contributed by atoms with E-state index in [0.29, 0.717) is 5.78 Å². The van der Waals surface area contributed by atoms with Crippen molar-refractivity contribution in [2.24, 2.45) is 0 Å². The van der Waals surface area contributed by atoms with Crippen molar-refractivity contribution in [2.45, 2.75) is 149 Å². The molecule has 0 N–H and O–H groups in total. The van der Waals surface area contributed by atoms with E-state index in [1.54, 1.807) is 0 Å². The smallest absolute Gasteiger partial charge is 0.132 e. The molecule has 2 heteroatoms. The first-order valence-corrected chi connectivity index (χ1v) is 13.4. The van der Waals surface area contributed by atoms with Crippen molar-refractivity contribution in [3.05, 3.63) is 0 Å². The van der Waals surface area contributed by atoms with E-state index in [-0.39, 0.29) is 0 Å². The second-order valence-electron chi connectivity index (χ2n) is 9.35. The van der Waals surface area contributed by atoms with Crippen LogP contribution >= 0.6 is 0 Å². The van der Waals surface area contributed by atoms with Crippen LogP contribution in [0, 0.1) is 0 Å². The Morgan fingerprint density at radius 3 is 1.21 bits per heavy atom. The molecule has 0 rings (SSSR count). The van der Waals surface area contributed by atoms with Crippen LogP contribution in [0.15, 0.2) is 0 Å². The fourth-order valence-electron chi connectivity index (χ4n) is 4.09. The summed E-state index contributed by atoms with van der Waals surface area (Å²) in [5.41, 5.74) is 0. The van der Waals surface area contributed by atoms with Gasteiger partial charge in [0.25, 0.3) is 0 Å². The van der Waals surface area contributed by atoms with Crippen molar-refractivity contribution in [3.8, 4) is 0 Å². The molecule has 0 unspecified atom stereocenters. The number of ketones is 1. The van der Waals surface area contributed by atoms with Crippen molar-refractivity contribution in [1.82, 2.24) is 4.90 Å². The van der Waals surface area contributed by atoms with E-state index in [1.165, 1.54) is 122 Å². The third kappa shape index (κ3) is 23.8. The van der Waals surface area contributed by atoms with E-state index < -0.39 is 0 Å². The highest BCUT2D eigenvalue weighted by atomic mass is 16.1. The van der Waals surface area contributed by atoms with Gasteiger partial charge in [-0.3, -0.25) is 4.79 Å². The van der Waals surface area contributed by atoms with Crippen LogP contribution in [-0.2, 0) is 4.79 Å². The van der Waals surface area contributed by atoms with Gasteiger partial charge in [-0.15, -0.1) is 0 Å². The first kappa shape index (κ1) is 28.6. The van der Waals surface area contributed by atoms with Crippen molar-refractivity contribution < 1.29 is 4.79 Å². The lowest BCUT2D eigenvalue weighted by molar-refractivity contribution is -0.119. The van der Waals surface area contributed by atoms with E-state index in [9.17, 15) is 4.79 Å². The Morgan fingerprint density at radius 1 is 0.483 bits per heavy atom. The molecule has 0 aliphatic rings. The molecule has 0 fully saturated rings. The molecule has 0 spiro atoms. The van der Waals surface area contributed by atoms with Crippen molar-refractivity contribution in [1.29, 1.82) is 0 Å². The second-order valence-corrected chi connectivity index (χ2v) is 9.35. The second kappa shape index (κ2) is 23.9. The third-order valence-electron chi connectivity index (χ3n) is 6.20. The Bertz CT molecular complexity index is 328. The standard InChI is InChI=1S/C27H55NO/c1-4-6-8-10-12-13-14-15-16-19-23-27(29)24-20-18-22-26-28(3)25-21-17-11-9-7-5-2/h4-26H2,1-3H3. The number of hydrogen-bond acceptors (Lipinski definition) is 2. The van der Waals surface area contributed by atoms with E-state index >= 15 is 0 Å². The molecule has 0 radical (unpaired) electrons. The van der Waals surface area contributed by atoms with Gasteiger partial charge in [0.05, 0.1) is 0 Å². The fourth-order valence-corrected chi connectivity index (χ4v) is 4.09. The third-order valence-corrected chi connectivity index (χ3v) is 6.20. The lowest BCUT2D eigenvalue weighted by Gasteiger charge is -2.16. The van der Waals surface area contributed by atoms with E-state index in [0.717, 1.165) is 25.7 Å². The minimum Gasteiger partial charge on any atom is -0.306 e. The lowest BCUT2D eigenvalue weighted by Crippen LogP contribution is -2.20. The topological polar surface area (TPSA) is 20.3 Å².